The van der Waals surface area contributed by atoms with E-state index in [1.165, 1.54) is 0 Å². The van der Waals surface area contributed by atoms with Crippen LogP contribution in [0.25, 0.3) is 0 Å². The smallest absolute Gasteiger partial charge is 0.221 e. The molecule has 1 N–H and O–H groups in total. The molecule has 1 saturated heterocycles. The minimum atomic E-state index is 0.0104. The van der Waals surface area contributed by atoms with E-state index in [0.717, 1.165) is 12.8 Å². The van der Waals surface area contributed by atoms with Crippen LogP contribution in [0.3, 0.4) is 0 Å². The Bertz CT molecular complexity index is 212. The summed E-state index contributed by atoms with van der Waals surface area (Å²) in [6.45, 7) is 0. The second-order valence-corrected chi connectivity index (χ2v) is 3.34. The van der Waals surface area contributed by atoms with E-state index in [1.807, 2.05) is 0 Å². The standard InChI is InChI=1S/C8H11NO2/c10-7-3-1-2-6-5(7)4-8(11)9-6/h5-6H,1-4H2,(H,9,11). The molecule has 2 unspecified atom stereocenters. The number of nitrogens with one attached hydrogen (secondary N) is 1. The van der Waals surface area contributed by atoms with Crippen LogP contribution in [0.15, 0.2) is 0 Å². The summed E-state index contributed by atoms with van der Waals surface area (Å²) in [7, 11) is 0. The van der Waals surface area contributed by atoms with Crippen LogP contribution in [0.2, 0.25) is 0 Å². The van der Waals surface area contributed by atoms with Gasteiger partial charge in [0.2, 0.25) is 5.91 Å². The predicted molar refractivity (Wildman–Crippen MR) is 38.9 cm³/mol. The Hall–Kier alpha value is -0.860. The molecule has 0 radical (unpaired) electrons. The maximum atomic E-state index is 11.2. The molecular formula is C8H11NO2. The number of carbonyl (C=O) groups is 2. The number of rotatable bonds is 0. The number of fused-ring (bicyclic) bond motifs is 1. The summed E-state index contributed by atoms with van der Waals surface area (Å²) in [6.07, 6.45) is 3.04. The third-order valence-corrected chi connectivity index (χ3v) is 2.59. The molecule has 1 aliphatic carbocycles. The molecule has 2 fully saturated rings. The maximum Gasteiger partial charge on any atom is 0.221 e. The highest BCUT2D eigenvalue weighted by Crippen LogP contribution is 2.28. The molecule has 11 heavy (non-hydrogen) atoms. The van der Waals surface area contributed by atoms with Crippen LogP contribution >= 0.6 is 0 Å². The highest BCUT2D eigenvalue weighted by atomic mass is 16.2. The average molecular weight is 153 g/mol. The fourth-order valence-corrected chi connectivity index (χ4v) is 2.00. The zero-order valence-electron chi connectivity index (χ0n) is 6.30. The Kier molecular flexibility index (Phi) is 1.44. The first-order chi connectivity index (χ1) is 5.27. The molecule has 1 amide bonds. The van der Waals surface area contributed by atoms with Crippen molar-refractivity contribution in [2.24, 2.45) is 5.92 Å². The molecule has 0 aromatic heterocycles. The van der Waals surface area contributed by atoms with E-state index in [9.17, 15) is 9.59 Å². The van der Waals surface area contributed by atoms with Crippen molar-refractivity contribution in [1.82, 2.24) is 5.32 Å². The van der Waals surface area contributed by atoms with Crippen LogP contribution in [0, 0.1) is 5.92 Å². The molecule has 0 aromatic carbocycles. The monoisotopic (exact) mass is 153 g/mol. The first-order valence-corrected chi connectivity index (χ1v) is 4.09. The van der Waals surface area contributed by atoms with Gasteiger partial charge in [-0.3, -0.25) is 9.59 Å². The molecule has 0 spiro atoms. The molecule has 2 atom stereocenters. The number of amides is 1. The van der Waals surface area contributed by atoms with Crippen molar-refractivity contribution in [2.75, 3.05) is 0 Å². The van der Waals surface area contributed by atoms with Crippen molar-refractivity contribution in [2.45, 2.75) is 31.7 Å². The highest BCUT2D eigenvalue weighted by Gasteiger charge is 2.39. The molecule has 2 rings (SSSR count). The molecule has 0 bridgehead atoms. The van der Waals surface area contributed by atoms with Gasteiger partial charge in [0.15, 0.2) is 0 Å². The molecule has 1 aliphatic heterocycles. The van der Waals surface area contributed by atoms with E-state index in [-0.39, 0.29) is 23.7 Å². The van der Waals surface area contributed by atoms with Crippen molar-refractivity contribution in [3.63, 3.8) is 0 Å². The predicted octanol–water partition coefficient (Wildman–Crippen LogP) is 0.244. The van der Waals surface area contributed by atoms with Gasteiger partial charge in [0, 0.05) is 24.8 Å². The lowest BCUT2D eigenvalue weighted by atomic mass is 9.84. The quantitative estimate of drug-likeness (QED) is 0.542. The second-order valence-electron chi connectivity index (χ2n) is 3.34. The Labute approximate surface area is 65.2 Å². The topological polar surface area (TPSA) is 46.2 Å². The van der Waals surface area contributed by atoms with E-state index in [4.69, 9.17) is 0 Å². The van der Waals surface area contributed by atoms with Crippen LogP contribution < -0.4 is 5.32 Å². The Morgan fingerprint density at radius 3 is 2.91 bits per heavy atom. The zero-order chi connectivity index (χ0) is 7.84. The van der Waals surface area contributed by atoms with Crippen LogP contribution in [-0.2, 0) is 9.59 Å². The van der Waals surface area contributed by atoms with E-state index < -0.39 is 0 Å². The normalized spacial score (nSPS) is 36.7. The third kappa shape index (κ3) is 1.04. The first-order valence-electron chi connectivity index (χ1n) is 4.09. The van der Waals surface area contributed by atoms with Gasteiger partial charge in [-0.25, -0.2) is 0 Å². The van der Waals surface area contributed by atoms with Crippen LogP contribution in [0.1, 0.15) is 25.7 Å². The molecule has 1 saturated carbocycles. The van der Waals surface area contributed by atoms with Gasteiger partial charge in [0.05, 0.1) is 0 Å². The van der Waals surface area contributed by atoms with Gasteiger partial charge in [0.25, 0.3) is 0 Å². The highest BCUT2D eigenvalue weighted by molar-refractivity contribution is 5.91. The van der Waals surface area contributed by atoms with E-state index in [1.54, 1.807) is 0 Å². The lowest BCUT2D eigenvalue weighted by Crippen LogP contribution is -2.35. The van der Waals surface area contributed by atoms with Crippen LogP contribution in [0.4, 0.5) is 0 Å². The van der Waals surface area contributed by atoms with Gasteiger partial charge in [-0.2, -0.15) is 0 Å². The number of Topliss-reactive ketones (excluding diaryl/α,β-unsaturated/α-hetero) is 1. The molecule has 3 heteroatoms. The summed E-state index contributed by atoms with van der Waals surface area (Å²) in [6, 6.07) is 0.170. The zero-order valence-corrected chi connectivity index (χ0v) is 6.30. The minimum Gasteiger partial charge on any atom is -0.353 e. The summed E-state index contributed by atoms with van der Waals surface area (Å²) >= 11 is 0. The lowest BCUT2D eigenvalue weighted by Gasteiger charge is -2.22. The number of carbonyl (C=O) groups excluding carboxylic acids is 2. The second kappa shape index (κ2) is 2.32. The number of hydrogen-bond acceptors (Lipinski definition) is 2. The van der Waals surface area contributed by atoms with Crippen LogP contribution in [-0.4, -0.2) is 17.7 Å². The van der Waals surface area contributed by atoms with E-state index in [0.29, 0.717) is 12.8 Å². The fourth-order valence-electron chi connectivity index (χ4n) is 2.00. The summed E-state index contributed by atoms with van der Waals surface area (Å²) < 4.78 is 0. The summed E-state index contributed by atoms with van der Waals surface area (Å²) in [4.78, 5) is 22.1. The molecule has 3 nitrogen and oxygen atoms in total. The maximum absolute atomic E-state index is 11.2. The Balaban J connectivity index is 2.15. The average Bonchev–Trinajstić information content (AvgIpc) is 2.31. The largest absolute Gasteiger partial charge is 0.353 e. The number of ketones is 1. The van der Waals surface area contributed by atoms with Crippen molar-refractivity contribution < 1.29 is 9.59 Å². The lowest BCUT2D eigenvalue weighted by molar-refractivity contribution is -0.126. The van der Waals surface area contributed by atoms with E-state index in [2.05, 4.69) is 5.32 Å². The van der Waals surface area contributed by atoms with Crippen molar-refractivity contribution in [3.8, 4) is 0 Å². The molecular weight excluding hydrogens is 142 g/mol. The molecule has 60 valence electrons. The van der Waals surface area contributed by atoms with Crippen LogP contribution in [0.5, 0.6) is 0 Å². The van der Waals surface area contributed by atoms with Crippen molar-refractivity contribution in [1.29, 1.82) is 0 Å². The molecule has 0 aromatic rings. The molecule has 1 heterocycles. The Morgan fingerprint density at radius 1 is 1.36 bits per heavy atom. The number of hydrogen-bond donors (Lipinski definition) is 1. The van der Waals surface area contributed by atoms with E-state index >= 15 is 0 Å². The third-order valence-electron chi connectivity index (χ3n) is 2.59. The summed E-state index contributed by atoms with van der Waals surface area (Å²) in [5.74, 6) is 0.339. The first kappa shape index (κ1) is 6.83. The van der Waals surface area contributed by atoms with Gasteiger partial charge in [-0.15, -0.1) is 0 Å². The van der Waals surface area contributed by atoms with Gasteiger partial charge in [-0.1, -0.05) is 0 Å². The summed E-state index contributed by atoms with van der Waals surface area (Å²) in [5, 5.41) is 2.83. The van der Waals surface area contributed by atoms with Crippen molar-refractivity contribution in [3.05, 3.63) is 0 Å². The van der Waals surface area contributed by atoms with Gasteiger partial charge in [0.1, 0.15) is 5.78 Å². The SMILES string of the molecule is O=C1CC2C(=O)CCCC2N1. The summed E-state index contributed by atoms with van der Waals surface area (Å²) in [5.41, 5.74) is 0. The van der Waals surface area contributed by atoms with Gasteiger partial charge >= 0.3 is 0 Å². The van der Waals surface area contributed by atoms with Crippen molar-refractivity contribution >= 4 is 11.7 Å². The molecule has 2 aliphatic rings. The van der Waals surface area contributed by atoms with Gasteiger partial charge in [-0.05, 0) is 12.8 Å². The van der Waals surface area contributed by atoms with Gasteiger partial charge < -0.3 is 5.32 Å². The minimum absolute atomic E-state index is 0.0104. The fraction of sp³-hybridized carbons (Fsp3) is 0.750. The Morgan fingerprint density at radius 2 is 2.18 bits per heavy atom.